The van der Waals surface area contributed by atoms with Gasteiger partial charge in [-0.15, -0.1) is 11.3 Å². The average molecular weight is 272 g/mol. The molecule has 0 saturated heterocycles. The number of hydrogen-bond acceptors (Lipinski definition) is 3. The van der Waals surface area contributed by atoms with Gasteiger partial charge in [-0.3, -0.25) is 0 Å². The third-order valence-corrected chi connectivity index (χ3v) is 4.61. The Morgan fingerprint density at radius 2 is 1.74 bits per heavy atom. The summed E-state index contributed by atoms with van der Waals surface area (Å²) in [6.07, 6.45) is 10.0. The number of rotatable bonds is 3. The van der Waals surface area contributed by atoms with Crippen LogP contribution in [0.25, 0.3) is 10.6 Å². The van der Waals surface area contributed by atoms with Gasteiger partial charge >= 0.3 is 0 Å². The van der Waals surface area contributed by atoms with Gasteiger partial charge in [-0.1, -0.05) is 25.7 Å². The first-order chi connectivity index (χ1) is 9.42. The van der Waals surface area contributed by atoms with E-state index < -0.39 is 0 Å². The highest BCUT2D eigenvalue weighted by Crippen LogP contribution is 2.25. The lowest BCUT2D eigenvalue weighted by molar-refractivity contribution is 0.620. The van der Waals surface area contributed by atoms with E-state index in [-0.39, 0.29) is 0 Å². The Morgan fingerprint density at radius 3 is 2.37 bits per heavy atom. The molecule has 1 aromatic heterocycles. The van der Waals surface area contributed by atoms with Crippen LogP contribution in [0.15, 0.2) is 35.8 Å². The molecule has 0 radical (unpaired) electrons. The molecule has 0 spiro atoms. The number of aromatic nitrogens is 1. The summed E-state index contributed by atoms with van der Waals surface area (Å²) in [5.41, 5.74) is 2.45. The zero-order valence-corrected chi connectivity index (χ0v) is 12.0. The van der Waals surface area contributed by atoms with Crippen LogP contribution in [0.5, 0.6) is 0 Å². The molecule has 1 N–H and O–H groups in total. The molecule has 100 valence electrons. The number of benzene rings is 1. The molecule has 1 aliphatic carbocycles. The highest BCUT2D eigenvalue weighted by molar-refractivity contribution is 7.13. The lowest BCUT2D eigenvalue weighted by atomic mass is 10.1. The van der Waals surface area contributed by atoms with Crippen molar-refractivity contribution in [3.05, 3.63) is 35.8 Å². The van der Waals surface area contributed by atoms with Gasteiger partial charge in [0.2, 0.25) is 0 Å². The minimum Gasteiger partial charge on any atom is -0.382 e. The molecule has 2 aromatic rings. The van der Waals surface area contributed by atoms with Crippen molar-refractivity contribution in [3.63, 3.8) is 0 Å². The smallest absolute Gasteiger partial charge is 0.123 e. The summed E-state index contributed by atoms with van der Waals surface area (Å²) in [5, 5.41) is 6.80. The van der Waals surface area contributed by atoms with E-state index >= 15 is 0 Å². The van der Waals surface area contributed by atoms with E-state index in [0.717, 1.165) is 5.01 Å². The maximum absolute atomic E-state index is 4.34. The molecule has 0 unspecified atom stereocenters. The first kappa shape index (κ1) is 12.7. The van der Waals surface area contributed by atoms with Crippen LogP contribution in [-0.4, -0.2) is 11.0 Å². The van der Waals surface area contributed by atoms with E-state index in [2.05, 4.69) is 34.6 Å². The fourth-order valence-electron chi connectivity index (χ4n) is 2.73. The highest BCUT2D eigenvalue weighted by Gasteiger charge is 2.11. The molecule has 2 nitrogen and oxygen atoms in total. The Bertz CT molecular complexity index is 482. The molecule has 0 aliphatic heterocycles. The number of hydrogen-bond donors (Lipinski definition) is 1. The normalized spacial score (nSPS) is 17.1. The van der Waals surface area contributed by atoms with Gasteiger partial charge in [0.25, 0.3) is 0 Å². The summed E-state index contributed by atoms with van der Waals surface area (Å²) in [7, 11) is 0. The topological polar surface area (TPSA) is 24.9 Å². The largest absolute Gasteiger partial charge is 0.382 e. The van der Waals surface area contributed by atoms with Crippen LogP contribution in [0.2, 0.25) is 0 Å². The molecule has 1 aromatic carbocycles. The van der Waals surface area contributed by atoms with Gasteiger partial charge in [0, 0.05) is 28.9 Å². The number of anilines is 1. The van der Waals surface area contributed by atoms with Crippen LogP contribution in [0, 0.1) is 0 Å². The second-order valence-electron chi connectivity index (χ2n) is 5.25. The summed E-state index contributed by atoms with van der Waals surface area (Å²) in [4.78, 5) is 4.34. The van der Waals surface area contributed by atoms with E-state index in [1.165, 1.54) is 49.8 Å². The van der Waals surface area contributed by atoms with Crippen LogP contribution in [0.3, 0.4) is 0 Å². The molecule has 1 aliphatic rings. The van der Waals surface area contributed by atoms with Gasteiger partial charge in [-0.25, -0.2) is 4.98 Å². The molecule has 3 rings (SSSR count). The Morgan fingerprint density at radius 1 is 1.00 bits per heavy atom. The molecular weight excluding hydrogens is 252 g/mol. The van der Waals surface area contributed by atoms with Crippen molar-refractivity contribution < 1.29 is 0 Å². The Balaban J connectivity index is 1.65. The van der Waals surface area contributed by atoms with Crippen LogP contribution < -0.4 is 5.32 Å². The average Bonchev–Trinajstić information content (AvgIpc) is 2.86. The van der Waals surface area contributed by atoms with Crippen LogP contribution in [0.4, 0.5) is 5.69 Å². The van der Waals surface area contributed by atoms with Crippen molar-refractivity contribution in [3.8, 4) is 10.6 Å². The summed E-state index contributed by atoms with van der Waals surface area (Å²) >= 11 is 1.69. The van der Waals surface area contributed by atoms with E-state index in [1.54, 1.807) is 11.3 Å². The second kappa shape index (κ2) is 6.20. The van der Waals surface area contributed by atoms with E-state index in [4.69, 9.17) is 0 Å². The minimum absolute atomic E-state index is 0.660. The quantitative estimate of drug-likeness (QED) is 0.800. The number of nitrogens with zero attached hydrogens (tertiary/aromatic N) is 1. The molecular formula is C16H20N2S. The second-order valence-corrected chi connectivity index (χ2v) is 6.14. The minimum atomic E-state index is 0.660. The van der Waals surface area contributed by atoms with Gasteiger partial charge in [-0.05, 0) is 37.1 Å². The zero-order chi connectivity index (χ0) is 12.9. The van der Waals surface area contributed by atoms with E-state index in [1.807, 2.05) is 11.6 Å². The predicted molar refractivity (Wildman–Crippen MR) is 82.7 cm³/mol. The third-order valence-electron chi connectivity index (χ3n) is 3.79. The molecule has 19 heavy (non-hydrogen) atoms. The maximum atomic E-state index is 4.34. The molecule has 3 heteroatoms. The predicted octanol–water partition coefficient (Wildman–Crippen LogP) is 4.94. The van der Waals surface area contributed by atoms with Gasteiger partial charge in [0.1, 0.15) is 5.01 Å². The Kier molecular flexibility index (Phi) is 4.13. The van der Waals surface area contributed by atoms with Crippen molar-refractivity contribution in [2.75, 3.05) is 5.32 Å². The fourth-order valence-corrected chi connectivity index (χ4v) is 3.38. The summed E-state index contributed by atoms with van der Waals surface area (Å²) < 4.78 is 0. The van der Waals surface area contributed by atoms with Crippen molar-refractivity contribution in [2.45, 2.75) is 44.6 Å². The number of thiazole rings is 1. The van der Waals surface area contributed by atoms with Gasteiger partial charge in [0.15, 0.2) is 0 Å². The molecule has 0 amide bonds. The van der Waals surface area contributed by atoms with Gasteiger partial charge < -0.3 is 5.32 Å². The molecule has 0 bridgehead atoms. The molecule has 1 saturated carbocycles. The van der Waals surface area contributed by atoms with E-state index in [0.29, 0.717) is 6.04 Å². The first-order valence-electron chi connectivity index (χ1n) is 7.18. The van der Waals surface area contributed by atoms with Gasteiger partial charge in [0.05, 0.1) is 0 Å². The van der Waals surface area contributed by atoms with E-state index in [9.17, 15) is 0 Å². The summed E-state index contributed by atoms with van der Waals surface area (Å²) in [6, 6.07) is 9.35. The van der Waals surface area contributed by atoms with Crippen molar-refractivity contribution in [1.29, 1.82) is 0 Å². The maximum Gasteiger partial charge on any atom is 0.123 e. The summed E-state index contributed by atoms with van der Waals surface area (Å²) in [6.45, 7) is 0. The van der Waals surface area contributed by atoms with Crippen molar-refractivity contribution >= 4 is 17.0 Å². The van der Waals surface area contributed by atoms with Crippen molar-refractivity contribution in [2.24, 2.45) is 0 Å². The molecule has 1 heterocycles. The van der Waals surface area contributed by atoms with Crippen LogP contribution in [0.1, 0.15) is 38.5 Å². The highest BCUT2D eigenvalue weighted by atomic mass is 32.1. The summed E-state index contributed by atoms with van der Waals surface area (Å²) in [5.74, 6) is 0. The van der Waals surface area contributed by atoms with Crippen molar-refractivity contribution in [1.82, 2.24) is 4.98 Å². The lowest BCUT2D eigenvalue weighted by Crippen LogP contribution is -2.17. The lowest BCUT2D eigenvalue weighted by Gasteiger charge is -2.17. The SMILES string of the molecule is c1csc(-c2ccc(NC3CCCCCC3)cc2)n1. The number of nitrogens with one attached hydrogen (secondary N) is 1. The fraction of sp³-hybridized carbons (Fsp3) is 0.438. The zero-order valence-electron chi connectivity index (χ0n) is 11.1. The Hall–Kier alpha value is -1.35. The van der Waals surface area contributed by atoms with Gasteiger partial charge in [-0.2, -0.15) is 0 Å². The third kappa shape index (κ3) is 3.35. The molecule has 0 atom stereocenters. The van der Waals surface area contributed by atoms with Crippen LogP contribution in [-0.2, 0) is 0 Å². The van der Waals surface area contributed by atoms with Crippen LogP contribution >= 0.6 is 11.3 Å². The molecule has 1 fully saturated rings. The Labute approximate surface area is 118 Å². The first-order valence-corrected chi connectivity index (χ1v) is 8.06. The standard InChI is InChI=1S/C16H20N2S/c1-2-4-6-14(5-3-1)18-15-9-7-13(8-10-15)16-17-11-12-19-16/h7-12,14,18H,1-6H2. The monoisotopic (exact) mass is 272 g/mol.